The Hall–Kier alpha value is -2.36. The maximum Gasteiger partial charge on any atom is 0.417 e. The van der Waals surface area contributed by atoms with Crippen molar-refractivity contribution in [3.63, 3.8) is 0 Å². The van der Waals surface area contributed by atoms with Crippen molar-refractivity contribution in [2.75, 3.05) is 25.1 Å². The van der Waals surface area contributed by atoms with Gasteiger partial charge in [0.2, 0.25) is 5.91 Å². The fourth-order valence-corrected chi connectivity index (χ4v) is 6.95. The lowest BCUT2D eigenvalue weighted by atomic mass is 10.0. The second-order valence-corrected chi connectivity index (χ2v) is 11.8. The van der Waals surface area contributed by atoms with Crippen molar-refractivity contribution < 1.29 is 36.2 Å². The molecule has 0 aromatic heterocycles. The van der Waals surface area contributed by atoms with Crippen molar-refractivity contribution in [3.05, 3.63) is 23.8 Å². The highest BCUT2D eigenvalue weighted by Gasteiger charge is 2.51. The summed E-state index contributed by atoms with van der Waals surface area (Å²) < 4.78 is 74.2. The summed E-state index contributed by atoms with van der Waals surface area (Å²) in [7, 11) is -3.13. The first-order valence-corrected chi connectivity index (χ1v) is 13.1. The van der Waals surface area contributed by atoms with Gasteiger partial charge in [0.05, 0.1) is 39.9 Å². The van der Waals surface area contributed by atoms with Gasteiger partial charge in [0.1, 0.15) is 5.54 Å². The first-order valence-electron chi connectivity index (χ1n) is 11.5. The van der Waals surface area contributed by atoms with Crippen LogP contribution in [-0.2, 0) is 25.5 Å². The predicted molar refractivity (Wildman–Crippen MR) is 119 cm³/mol. The van der Waals surface area contributed by atoms with Crippen LogP contribution in [0.2, 0.25) is 0 Å². The largest absolute Gasteiger partial charge is 0.417 e. The number of alkyl halides is 3. The molecule has 1 aromatic carbocycles. The van der Waals surface area contributed by atoms with Crippen LogP contribution in [0.3, 0.4) is 0 Å². The molecule has 1 amide bonds. The number of methoxy groups -OCH3 is 1. The van der Waals surface area contributed by atoms with Crippen LogP contribution in [0, 0.1) is 17.2 Å². The molecule has 0 radical (unpaired) electrons. The minimum Gasteiger partial charge on any atom is -0.393 e. The summed E-state index contributed by atoms with van der Waals surface area (Å²) >= 11 is 0. The highest BCUT2D eigenvalue weighted by molar-refractivity contribution is 7.92. The summed E-state index contributed by atoms with van der Waals surface area (Å²) in [5.74, 6) is -1.41. The van der Waals surface area contributed by atoms with Crippen molar-refractivity contribution in [1.82, 2.24) is 5.32 Å². The van der Waals surface area contributed by atoms with E-state index in [9.17, 15) is 36.8 Å². The van der Waals surface area contributed by atoms with Crippen LogP contribution in [0.5, 0.6) is 0 Å². The number of nitriles is 1. The third-order valence-corrected chi connectivity index (χ3v) is 9.50. The van der Waals surface area contributed by atoms with Gasteiger partial charge in [0.15, 0.2) is 9.84 Å². The molecule has 1 aromatic rings. The Balaban J connectivity index is 1.61. The summed E-state index contributed by atoms with van der Waals surface area (Å²) in [6, 6.07) is 5.23. The van der Waals surface area contributed by atoms with Crippen LogP contribution < -0.4 is 10.2 Å². The van der Waals surface area contributed by atoms with Crippen LogP contribution in [0.25, 0.3) is 0 Å². The summed E-state index contributed by atoms with van der Waals surface area (Å²) in [4.78, 5) is 13.6. The van der Waals surface area contributed by atoms with Crippen LogP contribution >= 0.6 is 0 Å². The molecule has 3 fully saturated rings. The zero-order valence-electron chi connectivity index (χ0n) is 19.2. The van der Waals surface area contributed by atoms with Crippen LogP contribution in [0.15, 0.2) is 23.1 Å². The van der Waals surface area contributed by atoms with E-state index in [1.54, 1.807) is 4.90 Å². The number of carbonyl (C=O) groups is 1. The SMILES string of the molecule is CO[C@H]1C[C@@H](S(=O)(=O)c2ccc(N3CCC(O)CC3)cc2C(F)(F)F)CC1C(=O)NC1(C#N)CC1. The molecule has 192 valence electrons. The maximum absolute atomic E-state index is 14.0. The Morgan fingerprint density at radius 3 is 2.46 bits per heavy atom. The first-order chi connectivity index (χ1) is 16.4. The smallest absolute Gasteiger partial charge is 0.393 e. The Morgan fingerprint density at radius 1 is 1.26 bits per heavy atom. The van der Waals surface area contributed by atoms with E-state index >= 15 is 0 Å². The number of rotatable bonds is 6. The van der Waals surface area contributed by atoms with Gasteiger partial charge in [-0.25, -0.2) is 8.42 Å². The van der Waals surface area contributed by atoms with Crippen LogP contribution in [-0.4, -0.2) is 62.6 Å². The van der Waals surface area contributed by atoms with E-state index < -0.39 is 61.3 Å². The van der Waals surface area contributed by atoms with Gasteiger partial charge in [-0.2, -0.15) is 18.4 Å². The number of carbonyl (C=O) groups excluding carboxylic acids is 1. The number of aliphatic hydroxyl groups is 1. The van der Waals surface area contributed by atoms with Crippen LogP contribution in [0.4, 0.5) is 18.9 Å². The summed E-state index contributed by atoms with van der Waals surface area (Å²) in [5.41, 5.74) is -1.95. The van der Waals surface area contributed by atoms with Gasteiger partial charge >= 0.3 is 6.18 Å². The summed E-state index contributed by atoms with van der Waals surface area (Å²) in [6.07, 6.45) is -4.70. The van der Waals surface area contributed by atoms with Crippen molar-refractivity contribution in [3.8, 4) is 6.07 Å². The van der Waals surface area contributed by atoms with Crippen LogP contribution in [0.1, 0.15) is 44.1 Å². The quantitative estimate of drug-likeness (QED) is 0.597. The molecule has 2 aliphatic carbocycles. The Morgan fingerprint density at radius 2 is 1.91 bits per heavy atom. The molecule has 1 saturated heterocycles. The molecule has 8 nitrogen and oxygen atoms in total. The van der Waals surface area contributed by atoms with E-state index in [4.69, 9.17) is 4.74 Å². The van der Waals surface area contributed by atoms with E-state index in [2.05, 4.69) is 5.32 Å². The number of amides is 1. The fourth-order valence-electron chi connectivity index (χ4n) is 4.95. The minimum absolute atomic E-state index is 0.125. The highest BCUT2D eigenvalue weighted by atomic mass is 32.2. The average Bonchev–Trinajstić information content (AvgIpc) is 3.44. The molecule has 4 rings (SSSR count). The Kier molecular flexibility index (Phi) is 6.81. The topological polar surface area (TPSA) is 120 Å². The number of hydrogen-bond acceptors (Lipinski definition) is 7. The molecule has 3 aliphatic rings. The number of benzene rings is 1. The molecule has 1 heterocycles. The lowest BCUT2D eigenvalue weighted by molar-refractivity contribution is -0.139. The molecule has 12 heteroatoms. The predicted octanol–water partition coefficient (Wildman–Crippen LogP) is 2.41. The molecular weight excluding hydrogens is 487 g/mol. The number of aliphatic hydroxyl groups excluding tert-OH is 1. The monoisotopic (exact) mass is 515 g/mol. The van der Waals surface area contributed by atoms with E-state index in [1.165, 1.54) is 13.2 Å². The number of hydrogen-bond donors (Lipinski definition) is 2. The van der Waals surface area contributed by atoms with E-state index in [0.717, 1.165) is 12.1 Å². The molecule has 3 atom stereocenters. The number of ether oxygens (including phenoxy) is 1. The lowest BCUT2D eigenvalue weighted by Gasteiger charge is -2.32. The van der Waals surface area contributed by atoms with Gasteiger partial charge in [0, 0.05) is 25.9 Å². The molecular formula is C23H28F3N3O5S. The Bertz CT molecular complexity index is 1120. The van der Waals surface area contributed by atoms with Crippen molar-refractivity contribution in [1.29, 1.82) is 5.26 Å². The van der Waals surface area contributed by atoms with Gasteiger partial charge in [-0.05, 0) is 56.7 Å². The second-order valence-electron chi connectivity index (χ2n) is 9.60. The number of halogens is 3. The van der Waals surface area contributed by atoms with E-state index in [0.29, 0.717) is 38.8 Å². The van der Waals surface area contributed by atoms with Gasteiger partial charge in [0.25, 0.3) is 0 Å². The standard InChI is InChI=1S/C23H28F3N3O5S/c1-34-19-12-16(11-17(19)21(31)28-22(13-27)6-7-22)35(32,33)20-3-2-14(10-18(20)23(24,25)26)29-8-4-15(30)5-9-29/h2-3,10,15-17,19,30H,4-9,11-12H2,1H3,(H,28,31)/t16-,17?,19-/m0/s1. The minimum atomic E-state index is -4.91. The lowest BCUT2D eigenvalue weighted by Crippen LogP contribution is -2.42. The van der Waals surface area contributed by atoms with Gasteiger partial charge in [-0.15, -0.1) is 0 Å². The van der Waals surface area contributed by atoms with Gasteiger partial charge in [-0.3, -0.25) is 4.79 Å². The number of nitrogens with zero attached hydrogens (tertiary/aromatic N) is 2. The normalized spacial score (nSPS) is 26.9. The number of sulfone groups is 1. The third-order valence-electron chi connectivity index (χ3n) is 7.27. The zero-order valence-corrected chi connectivity index (χ0v) is 20.0. The number of anilines is 1. The molecule has 0 spiro atoms. The van der Waals surface area contributed by atoms with Gasteiger partial charge < -0.3 is 20.1 Å². The number of nitrogens with one attached hydrogen (secondary N) is 1. The maximum atomic E-state index is 14.0. The molecule has 2 N–H and O–H groups in total. The molecule has 35 heavy (non-hydrogen) atoms. The second kappa shape index (κ2) is 9.26. The highest BCUT2D eigenvalue weighted by Crippen LogP contribution is 2.43. The zero-order chi connectivity index (χ0) is 25.6. The summed E-state index contributed by atoms with van der Waals surface area (Å²) in [6.45, 7) is 0.730. The Labute approximate surface area is 202 Å². The van der Waals surface area contributed by atoms with Crippen molar-refractivity contribution in [2.45, 2.75) is 72.6 Å². The molecule has 1 aliphatic heterocycles. The van der Waals surface area contributed by atoms with Gasteiger partial charge in [-0.1, -0.05) is 0 Å². The van der Waals surface area contributed by atoms with Crippen molar-refractivity contribution in [2.24, 2.45) is 5.92 Å². The third kappa shape index (κ3) is 5.13. The molecule has 0 bridgehead atoms. The number of piperidine rings is 1. The molecule has 1 unspecified atom stereocenters. The first kappa shape index (κ1) is 25.7. The fraction of sp³-hybridized carbons (Fsp3) is 0.652. The summed E-state index contributed by atoms with van der Waals surface area (Å²) in [5, 5.41) is 20.3. The van der Waals surface area contributed by atoms with Crippen molar-refractivity contribution >= 4 is 21.4 Å². The van der Waals surface area contributed by atoms with E-state index in [1.807, 2.05) is 6.07 Å². The van der Waals surface area contributed by atoms with E-state index in [-0.39, 0.29) is 18.5 Å². The molecule has 2 saturated carbocycles. The average molecular weight is 516 g/mol.